The molecule has 3 rings (SSSR count). The van der Waals surface area contributed by atoms with E-state index >= 15 is 0 Å². The summed E-state index contributed by atoms with van der Waals surface area (Å²) in [6.45, 7) is 0. The van der Waals surface area contributed by atoms with Crippen LogP contribution < -0.4 is 10.6 Å². The second-order valence-corrected chi connectivity index (χ2v) is 6.35. The standard InChI is InChI=1S/C20H20N2O4/c23-18(11-10-13-4-1-2-7-17(13)20(25)26)21-15-5-3-6-16(12-15)22-19(24)14-8-9-14/h1-7,12,14H,8-11H2,(H,21,23)(H,22,24)(H,25,26). The Morgan fingerprint density at radius 3 is 2.35 bits per heavy atom. The molecule has 1 saturated carbocycles. The van der Waals surface area contributed by atoms with E-state index < -0.39 is 5.97 Å². The average molecular weight is 352 g/mol. The molecule has 3 N–H and O–H groups in total. The van der Waals surface area contributed by atoms with Crippen LogP contribution in [0.25, 0.3) is 0 Å². The summed E-state index contributed by atoms with van der Waals surface area (Å²) in [7, 11) is 0. The quantitative estimate of drug-likeness (QED) is 0.712. The van der Waals surface area contributed by atoms with Gasteiger partial charge in [-0.2, -0.15) is 0 Å². The molecular weight excluding hydrogens is 332 g/mol. The van der Waals surface area contributed by atoms with Gasteiger partial charge in [-0.1, -0.05) is 24.3 Å². The van der Waals surface area contributed by atoms with Gasteiger partial charge in [0, 0.05) is 23.7 Å². The number of carboxylic acid groups (broad SMARTS) is 1. The van der Waals surface area contributed by atoms with Crippen molar-refractivity contribution in [1.29, 1.82) is 0 Å². The minimum Gasteiger partial charge on any atom is -0.478 e. The molecule has 2 aromatic carbocycles. The molecule has 1 aliphatic rings. The van der Waals surface area contributed by atoms with Crippen molar-refractivity contribution in [3.05, 3.63) is 59.7 Å². The summed E-state index contributed by atoms with van der Waals surface area (Å²) in [5.41, 5.74) is 2.08. The number of anilines is 2. The Bertz CT molecular complexity index is 843. The first kappa shape index (κ1) is 17.7. The lowest BCUT2D eigenvalue weighted by Crippen LogP contribution is -2.15. The SMILES string of the molecule is O=C(CCc1ccccc1C(=O)O)Nc1cccc(NC(=O)C2CC2)c1. The molecule has 0 unspecified atom stereocenters. The van der Waals surface area contributed by atoms with Crippen molar-refractivity contribution in [2.75, 3.05) is 10.6 Å². The third-order valence-electron chi connectivity index (χ3n) is 4.23. The number of hydrogen-bond acceptors (Lipinski definition) is 3. The summed E-state index contributed by atoms with van der Waals surface area (Å²) in [6.07, 6.45) is 2.37. The van der Waals surface area contributed by atoms with Crippen molar-refractivity contribution in [1.82, 2.24) is 0 Å². The van der Waals surface area contributed by atoms with Crippen LogP contribution in [0.15, 0.2) is 48.5 Å². The molecular formula is C20H20N2O4. The summed E-state index contributed by atoms with van der Waals surface area (Å²) in [5.74, 6) is -1.09. The van der Waals surface area contributed by atoms with Crippen LogP contribution in [0.4, 0.5) is 11.4 Å². The normalized spacial score (nSPS) is 13.1. The zero-order valence-electron chi connectivity index (χ0n) is 14.2. The summed E-state index contributed by atoms with van der Waals surface area (Å²) < 4.78 is 0. The zero-order valence-corrected chi connectivity index (χ0v) is 14.2. The van der Waals surface area contributed by atoms with Gasteiger partial charge in [-0.25, -0.2) is 4.79 Å². The Kier molecular flexibility index (Phi) is 5.31. The van der Waals surface area contributed by atoms with E-state index in [0.717, 1.165) is 12.8 Å². The van der Waals surface area contributed by atoms with Crippen LogP contribution in [0.3, 0.4) is 0 Å². The molecule has 0 saturated heterocycles. The van der Waals surface area contributed by atoms with E-state index in [1.54, 1.807) is 42.5 Å². The van der Waals surface area contributed by atoms with E-state index in [9.17, 15) is 19.5 Å². The van der Waals surface area contributed by atoms with Crippen molar-refractivity contribution in [3.63, 3.8) is 0 Å². The number of aromatic carboxylic acids is 1. The van der Waals surface area contributed by atoms with Gasteiger partial charge in [0.1, 0.15) is 0 Å². The van der Waals surface area contributed by atoms with Gasteiger partial charge < -0.3 is 15.7 Å². The van der Waals surface area contributed by atoms with Crippen LogP contribution in [0, 0.1) is 5.92 Å². The maximum absolute atomic E-state index is 12.2. The highest BCUT2D eigenvalue weighted by Crippen LogP contribution is 2.30. The number of aryl methyl sites for hydroxylation is 1. The van der Waals surface area contributed by atoms with E-state index in [4.69, 9.17) is 0 Å². The number of rotatable bonds is 7. The smallest absolute Gasteiger partial charge is 0.335 e. The van der Waals surface area contributed by atoms with Gasteiger partial charge in [0.05, 0.1) is 5.56 Å². The Labute approximate surface area is 151 Å². The summed E-state index contributed by atoms with van der Waals surface area (Å²) in [5, 5.41) is 14.8. The lowest BCUT2D eigenvalue weighted by molar-refractivity contribution is -0.117. The van der Waals surface area contributed by atoms with Crippen LogP contribution in [0.1, 0.15) is 35.2 Å². The second-order valence-electron chi connectivity index (χ2n) is 6.35. The van der Waals surface area contributed by atoms with Crippen molar-refractivity contribution >= 4 is 29.2 Å². The van der Waals surface area contributed by atoms with Crippen LogP contribution >= 0.6 is 0 Å². The van der Waals surface area contributed by atoms with Gasteiger partial charge in [0.2, 0.25) is 11.8 Å². The third kappa shape index (κ3) is 4.69. The largest absolute Gasteiger partial charge is 0.478 e. The first-order chi connectivity index (χ1) is 12.5. The molecule has 6 heteroatoms. The topological polar surface area (TPSA) is 95.5 Å². The first-order valence-electron chi connectivity index (χ1n) is 8.55. The van der Waals surface area contributed by atoms with Gasteiger partial charge in [-0.3, -0.25) is 9.59 Å². The molecule has 134 valence electrons. The van der Waals surface area contributed by atoms with E-state index in [2.05, 4.69) is 10.6 Å². The van der Waals surface area contributed by atoms with Gasteiger partial charge >= 0.3 is 5.97 Å². The lowest BCUT2D eigenvalue weighted by atomic mass is 10.0. The minimum absolute atomic E-state index is 0.0127. The lowest BCUT2D eigenvalue weighted by Gasteiger charge is -2.09. The van der Waals surface area contributed by atoms with E-state index in [1.165, 1.54) is 6.07 Å². The Hall–Kier alpha value is -3.15. The molecule has 2 amide bonds. The predicted octanol–water partition coefficient (Wildman–Crippen LogP) is 3.30. The van der Waals surface area contributed by atoms with Crippen molar-refractivity contribution in [2.24, 2.45) is 5.92 Å². The highest BCUT2D eigenvalue weighted by Gasteiger charge is 2.29. The minimum atomic E-state index is -1.000. The van der Waals surface area contributed by atoms with E-state index in [1.807, 2.05) is 0 Å². The number of benzene rings is 2. The summed E-state index contributed by atoms with van der Waals surface area (Å²) >= 11 is 0. The number of carbonyl (C=O) groups is 3. The molecule has 0 heterocycles. The van der Waals surface area contributed by atoms with Crippen LogP contribution in [-0.4, -0.2) is 22.9 Å². The monoisotopic (exact) mass is 352 g/mol. The second kappa shape index (κ2) is 7.82. The number of hydrogen-bond donors (Lipinski definition) is 3. The molecule has 0 aliphatic heterocycles. The summed E-state index contributed by atoms with van der Waals surface area (Å²) in [4.78, 5) is 35.2. The van der Waals surface area contributed by atoms with Crippen molar-refractivity contribution in [2.45, 2.75) is 25.7 Å². The van der Waals surface area contributed by atoms with Gasteiger partial charge in [0.15, 0.2) is 0 Å². The Morgan fingerprint density at radius 2 is 1.65 bits per heavy atom. The van der Waals surface area contributed by atoms with Crippen LogP contribution in [0.2, 0.25) is 0 Å². The van der Waals surface area contributed by atoms with Crippen molar-refractivity contribution in [3.8, 4) is 0 Å². The average Bonchev–Trinajstić information content (AvgIpc) is 3.45. The Balaban J connectivity index is 1.56. The summed E-state index contributed by atoms with van der Waals surface area (Å²) in [6, 6.07) is 13.7. The molecule has 0 radical (unpaired) electrons. The zero-order chi connectivity index (χ0) is 18.5. The first-order valence-corrected chi connectivity index (χ1v) is 8.55. The van der Waals surface area contributed by atoms with E-state index in [0.29, 0.717) is 23.4 Å². The molecule has 26 heavy (non-hydrogen) atoms. The molecule has 1 fully saturated rings. The highest BCUT2D eigenvalue weighted by molar-refractivity contribution is 5.96. The number of carbonyl (C=O) groups excluding carboxylic acids is 2. The molecule has 0 bridgehead atoms. The number of amides is 2. The number of nitrogens with one attached hydrogen (secondary N) is 2. The van der Waals surface area contributed by atoms with E-state index in [-0.39, 0.29) is 29.7 Å². The predicted molar refractivity (Wildman–Crippen MR) is 98.1 cm³/mol. The molecule has 6 nitrogen and oxygen atoms in total. The molecule has 0 aromatic heterocycles. The fourth-order valence-corrected chi connectivity index (χ4v) is 2.68. The molecule has 2 aromatic rings. The number of carboxylic acids is 1. The Morgan fingerprint density at radius 1 is 0.962 bits per heavy atom. The highest BCUT2D eigenvalue weighted by atomic mass is 16.4. The fourth-order valence-electron chi connectivity index (χ4n) is 2.68. The molecule has 1 aliphatic carbocycles. The maximum Gasteiger partial charge on any atom is 0.335 e. The third-order valence-corrected chi connectivity index (χ3v) is 4.23. The van der Waals surface area contributed by atoms with Gasteiger partial charge in [0.25, 0.3) is 0 Å². The van der Waals surface area contributed by atoms with Crippen molar-refractivity contribution < 1.29 is 19.5 Å². The molecule has 0 atom stereocenters. The van der Waals surface area contributed by atoms with Crippen LogP contribution in [-0.2, 0) is 16.0 Å². The molecule has 0 spiro atoms. The maximum atomic E-state index is 12.2. The van der Waals surface area contributed by atoms with Gasteiger partial charge in [-0.15, -0.1) is 0 Å². The van der Waals surface area contributed by atoms with Gasteiger partial charge in [-0.05, 0) is 49.1 Å². The fraction of sp³-hybridized carbons (Fsp3) is 0.250. The van der Waals surface area contributed by atoms with Crippen LogP contribution in [0.5, 0.6) is 0 Å².